The first-order chi connectivity index (χ1) is 8.28. The maximum Gasteiger partial charge on any atom is 0.352 e. The van der Waals surface area contributed by atoms with Crippen LogP contribution in [0.15, 0.2) is 24.3 Å². The van der Waals surface area contributed by atoms with Gasteiger partial charge in [0.05, 0.1) is 0 Å². The standard InChI is InChI=1S/C13H16O5/c1-8(2)7-9-3-5-10(6-4-9)13(18,11(14)15)12(16)17/h3-6,8,18H,7H2,1-2H3,(H,14,15)(H,16,17). The van der Waals surface area contributed by atoms with Crippen molar-refractivity contribution in [1.29, 1.82) is 0 Å². The quantitative estimate of drug-likeness (QED) is 0.685. The highest BCUT2D eigenvalue weighted by Crippen LogP contribution is 2.23. The molecule has 5 heteroatoms. The topological polar surface area (TPSA) is 94.8 Å². The molecule has 0 fully saturated rings. The third kappa shape index (κ3) is 2.68. The van der Waals surface area contributed by atoms with E-state index < -0.39 is 17.5 Å². The summed E-state index contributed by atoms with van der Waals surface area (Å²) in [4.78, 5) is 21.8. The van der Waals surface area contributed by atoms with Gasteiger partial charge >= 0.3 is 11.9 Å². The average Bonchev–Trinajstić information content (AvgIpc) is 2.27. The van der Waals surface area contributed by atoms with Crippen LogP contribution in [0, 0.1) is 5.92 Å². The van der Waals surface area contributed by atoms with Crippen molar-refractivity contribution in [2.24, 2.45) is 5.92 Å². The van der Waals surface area contributed by atoms with Gasteiger partial charge in [-0.15, -0.1) is 0 Å². The van der Waals surface area contributed by atoms with Crippen LogP contribution in [0.1, 0.15) is 25.0 Å². The molecule has 0 spiro atoms. The predicted octanol–water partition coefficient (Wildman–Crippen LogP) is 1.24. The fourth-order valence-corrected chi connectivity index (χ4v) is 1.69. The SMILES string of the molecule is CC(C)Cc1ccc(C(O)(C(=O)O)C(=O)O)cc1. The van der Waals surface area contributed by atoms with Crippen LogP contribution in [0.3, 0.4) is 0 Å². The number of carboxylic acids is 2. The number of hydrogen-bond acceptors (Lipinski definition) is 3. The average molecular weight is 252 g/mol. The summed E-state index contributed by atoms with van der Waals surface area (Å²) in [6.07, 6.45) is 0.804. The summed E-state index contributed by atoms with van der Waals surface area (Å²) < 4.78 is 0. The van der Waals surface area contributed by atoms with Crippen LogP contribution in [0.2, 0.25) is 0 Å². The molecule has 0 saturated heterocycles. The van der Waals surface area contributed by atoms with Gasteiger partial charge in [0.1, 0.15) is 0 Å². The van der Waals surface area contributed by atoms with Gasteiger partial charge in [0.2, 0.25) is 0 Å². The number of benzene rings is 1. The summed E-state index contributed by atoms with van der Waals surface area (Å²) in [6.45, 7) is 4.08. The zero-order chi connectivity index (χ0) is 13.9. The van der Waals surface area contributed by atoms with Gasteiger partial charge in [-0.2, -0.15) is 0 Å². The van der Waals surface area contributed by atoms with Crippen LogP contribution in [0.5, 0.6) is 0 Å². The minimum atomic E-state index is -2.89. The van der Waals surface area contributed by atoms with E-state index in [4.69, 9.17) is 10.2 Å². The zero-order valence-corrected chi connectivity index (χ0v) is 10.3. The van der Waals surface area contributed by atoms with Gasteiger partial charge in [0.15, 0.2) is 0 Å². The minimum Gasteiger partial charge on any atom is -0.478 e. The minimum absolute atomic E-state index is 0.157. The van der Waals surface area contributed by atoms with Gasteiger partial charge in [-0.3, -0.25) is 0 Å². The van der Waals surface area contributed by atoms with Crippen molar-refractivity contribution in [3.05, 3.63) is 35.4 Å². The third-order valence-electron chi connectivity index (χ3n) is 2.63. The van der Waals surface area contributed by atoms with Crippen molar-refractivity contribution in [1.82, 2.24) is 0 Å². The van der Waals surface area contributed by atoms with Crippen LogP contribution < -0.4 is 0 Å². The van der Waals surface area contributed by atoms with E-state index in [1.165, 1.54) is 12.1 Å². The Balaban J connectivity index is 3.10. The Morgan fingerprint density at radius 3 is 1.89 bits per heavy atom. The van der Waals surface area contributed by atoms with Gasteiger partial charge in [-0.25, -0.2) is 9.59 Å². The Bertz CT molecular complexity index is 433. The van der Waals surface area contributed by atoms with Gasteiger partial charge in [0, 0.05) is 5.56 Å². The molecule has 0 radical (unpaired) electrons. The molecule has 5 nitrogen and oxygen atoms in total. The molecular formula is C13H16O5. The van der Waals surface area contributed by atoms with Gasteiger partial charge in [0.25, 0.3) is 5.60 Å². The lowest BCUT2D eigenvalue weighted by Crippen LogP contribution is -2.43. The summed E-state index contributed by atoms with van der Waals surface area (Å²) >= 11 is 0. The second-order valence-corrected chi connectivity index (χ2v) is 4.62. The van der Waals surface area contributed by atoms with Crippen molar-refractivity contribution >= 4 is 11.9 Å². The van der Waals surface area contributed by atoms with E-state index >= 15 is 0 Å². The zero-order valence-electron chi connectivity index (χ0n) is 10.3. The third-order valence-corrected chi connectivity index (χ3v) is 2.63. The Hall–Kier alpha value is -1.88. The molecule has 1 aromatic rings. The fraction of sp³-hybridized carbons (Fsp3) is 0.385. The summed E-state index contributed by atoms with van der Waals surface area (Å²) in [5.74, 6) is -3.16. The Labute approximate surface area is 105 Å². The fourth-order valence-electron chi connectivity index (χ4n) is 1.69. The molecule has 0 bridgehead atoms. The molecule has 98 valence electrons. The Morgan fingerprint density at radius 1 is 1.11 bits per heavy atom. The van der Waals surface area contributed by atoms with Crippen LogP contribution in [-0.4, -0.2) is 27.3 Å². The first-order valence-electron chi connectivity index (χ1n) is 5.57. The molecule has 0 unspecified atom stereocenters. The van der Waals surface area contributed by atoms with Gasteiger partial charge < -0.3 is 15.3 Å². The lowest BCUT2D eigenvalue weighted by atomic mass is 9.92. The molecule has 0 amide bonds. The molecular weight excluding hydrogens is 236 g/mol. The Kier molecular flexibility index (Phi) is 4.08. The van der Waals surface area contributed by atoms with E-state index in [9.17, 15) is 14.7 Å². The highest BCUT2D eigenvalue weighted by molar-refractivity contribution is 6.02. The second kappa shape index (κ2) is 5.18. The first kappa shape index (κ1) is 14.2. The molecule has 1 aromatic carbocycles. The molecule has 0 heterocycles. The highest BCUT2D eigenvalue weighted by Gasteiger charge is 2.46. The maximum absolute atomic E-state index is 10.9. The highest BCUT2D eigenvalue weighted by atomic mass is 16.4. The number of hydrogen-bond donors (Lipinski definition) is 3. The van der Waals surface area contributed by atoms with Crippen molar-refractivity contribution in [3.63, 3.8) is 0 Å². The van der Waals surface area contributed by atoms with Crippen molar-refractivity contribution in [2.75, 3.05) is 0 Å². The van der Waals surface area contributed by atoms with Crippen molar-refractivity contribution < 1.29 is 24.9 Å². The lowest BCUT2D eigenvalue weighted by Gasteiger charge is -2.19. The summed E-state index contributed by atoms with van der Waals surface area (Å²) in [5, 5.41) is 27.4. The molecule has 0 atom stereocenters. The normalized spacial score (nSPS) is 11.6. The maximum atomic E-state index is 10.9. The summed E-state index contributed by atoms with van der Waals surface area (Å²) in [6, 6.07) is 5.93. The van der Waals surface area contributed by atoms with E-state index in [1.807, 2.05) is 13.8 Å². The molecule has 0 saturated carbocycles. The summed E-state index contributed by atoms with van der Waals surface area (Å²) in [5.41, 5.74) is -2.09. The lowest BCUT2D eigenvalue weighted by molar-refractivity contribution is -0.177. The Morgan fingerprint density at radius 2 is 1.56 bits per heavy atom. The van der Waals surface area contributed by atoms with E-state index in [0.29, 0.717) is 5.92 Å². The number of aliphatic hydroxyl groups is 1. The molecule has 0 aromatic heterocycles. The first-order valence-corrected chi connectivity index (χ1v) is 5.57. The number of carbonyl (C=O) groups is 2. The number of rotatable bonds is 5. The van der Waals surface area contributed by atoms with Crippen molar-refractivity contribution in [3.8, 4) is 0 Å². The van der Waals surface area contributed by atoms with Gasteiger partial charge in [-0.05, 0) is 17.9 Å². The molecule has 0 aliphatic heterocycles. The molecule has 0 aliphatic rings. The monoisotopic (exact) mass is 252 g/mol. The van der Waals surface area contributed by atoms with Crippen LogP contribution in [0.4, 0.5) is 0 Å². The van der Waals surface area contributed by atoms with E-state index in [2.05, 4.69) is 0 Å². The number of carboxylic acid groups (broad SMARTS) is 2. The van der Waals surface area contributed by atoms with Crippen LogP contribution in [-0.2, 0) is 21.6 Å². The number of aliphatic carboxylic acids is 2. The molecule has 1 rings (SSSR count). The van der Waals surface area contributed by atoms with E-state index in [-0.39, 0.29) is 5.56 Å². The molecule has 18 heavy (non-hydrogen) atoms. The van der Waals surface area contributed by atoms with E-state index in [1.54, 1.807) is 12.1 Å². The largest absolute Gasteiger partial charge is 0.478 e. The summed E-state index contributed by atoms with van der Waals surface area (Å²) in [7, 11) is 0. The van der Waals surface area contributed by atoms with Crippen LogP contribution in [0.25, 0.3) is 0 Å². The smallest absolute Gasteiger partial charge is 0.352 e. The second-order valence-electron chi connectivity index (χ2n) is 4.62. The van der Waals surface area contributed by atoms with Crippen LogP contribution >= 0.6 is 0 Å². The molecule has 0 aliphatic carbocycles. The molecule has 3 N–H and O–H groups in total. The van der Waals surface area contributed by atoms with E-state index in [0.717, 1.165) is 12.0 Å². The van der Waals surface area contributed by atoms with Crippen molar-refractivity contribution in [2.45, 2.75) is 25.9 Å². The van der Waals surface area contributed by atoms with Gasteiger partial charge in [-0.1, -0.05) is 38.1 Å². The predicted molar refractivity (Wildman–Crippen MR) is 64.2 cm³/mol.